The first-order valence-corrected chi connectivity index (χ1v) is 12.9. The predicted molar refractivity (Wildman–Crippen MR) is 132 cm³/mol. The topological polar surface area (TPSA) is 68.1 Å². The number of pyridine rings is 2. The van der Waals surface area contributed by atoms with Gasteiger partial charge in [-0.15, -0.1) is 0 Å². The van der Waals surface area contributed by atoms with Gasteiger partial charge in [-0.25, -0.2) is 14.4 Å². The number of hydrogen-bond donors (Lipinski definition) is 1. The number of anilines is 1. The van der Waals surface area contributed by atoms with E-state index >= 15 is 0 Å². The average Bonchev–Trinajstić information content (AvgIpc) is 3.24. The maximum atomic E-state index is 14.4. The fourth-order valence-electron chi connectivity index (χ4n) is 5.49. The van der Waals surface area contributed by atoms with Gasteiger partial charge in [-0.1, -0.05) is 0 Å². The molecule has 4 heterocycles. The lowest BCUT2D eigenvalue weighted by molar-refractivity contribution is -0.140. The van der Waals surface area contributed by atoms with Crippen molar-refractivity contribution in [1.82, 2.24) is 24.6 Å². The van der Waals surface area contributed by atoms with Crippen LogP contribution in [0.15, 0.2) is 24.5 Å². The van der Waals surface area contributed by atoms with Crippen LogP contribution in [0.5, 0.6) is 5.88 Å². The Morgan fingerprint density at radius 1 is 1.08 bits per heavy atom. The van der Waals surface area contributed by atoms with Crippen LogP contribution in [0.4, 0.5) is 23.4 Å². The molecule has 0 aromatic carbocycles. The zero-order valence-corrected chi connectivity index (χ0v) is 21.1. The quantitative estimate of drug-likeness (QED) is 0.415. The Morgan fingerprint density at radius 3 is 2.49 bits per heavy atom. The largest absolute Gasteiger partial charge is 0.472 e. The molecular weight excluding hydrogens is 488 g/mol. The van der Waals surface area contributed by atoms with Gasteiger partial charge in [0.2, 0.25) is 0 Å². The van der Waals surface area contributed by atoms with Crippen LogP contribution in [-0.2, 0) is 6.18 Å². The number of likely N-dealkylation sites (tertiary alicyclic amines) is 1. The van der Waals surface area contributed by atoms with E-state index in [2.05, 4.69) is 38.0 Å². The highest BCUT2D eigenvalue weighted by Crippen LogP contribution is 2.39. The number of hydrogen-bond acceptors (Lipinski definition) is 6. The second-order valence-corrected chi connectivity index (χ2v) is 10.0. The molecule has 1 saturated heterocycles. The molecule has 1 saturated carbocycles. The predicted octanol–water partition coefficient (Wildman–Crippen LogP) is 5.79. The monoisotopic (exact) mass is 520 g/mol. The first kappa shape index (κ1) is 25.7. The van der Waals surface area contributed by atoms with Crippen molar-refractivity contribution in [3.05, 3.63) is 41.6 Å². The van der Waals surface area contributed by atoms with Crippen molar-refractivity contribution in [1.29, 1.82) is 0 Å². The summed E-state index contributed by atoms with van der Waals surface area (Å²) in [5.74, 6) is -0.870. The Bertz CT molecular complexity index is 1230. The van der Waals surface area contributed by atoms with Gasteiger partial charge in [0.25, 0.3) is 5.88 Å². The van der Waals surface area contributed by atoms with Gasteiger partial charge in [-0.05, 0) is 71.7 Å². The summed E-state index contributed by atoms with van der Waals surface area (Å²) in [5, 5.41) is 9.47. The number of ether oxygens (including phenoxy) is 1. The molecule has 0 radical (unpaired) electrons. The molecule has 1 aliphatic heterocycles. The van der Waals surface area contributed by atoms with E-state index in [0.717, 1.165) is 61.1 Å². The van der Waals surface area contributed by atoms with E-state index in [9.17, 15) is 17.6 Å². The highest BCUT2D eigenvalue weighted by molar-refractivity contribution is 5.84. The van der Waals surface area contributed by atoms with Crippen molar-refractivity contribution < 1.29 is 22.3 Å². The first-order chi connectivity index (χ1) is 17.7. The molecule has 3 aromatic rings. The minimum Gasteiger partial charge on any atom is -0.472 e. The fourth-order valence-corrected chi connectivity index (χ4v) is 5.49. The Balaban J connectivity index is 1.35. The van der Waals surface area contributed by atoms with Crippen molar-refractivity contribution in [3.8, 4) is 5.88 Å². The maximum absolute atomic E-state index is 14.4. The molecule has 1 aliphatic carbocycles. The molecule has 11 heteroatoms. The smallest absolute Gasteiger partial charge is 0.419 e. The second-order valence-electron chi connectivity index (χ2n) is 10.0. The second kappa shape index (κ2) is 10.4. The summed E-state index contributed by atoms with van der Waals surface area (Å²) in [7, 11) is 2.14. The Hall–Kier alpha value is -2.95. The van der Waals surface area contributed by atoms with Crippen LogP contribution in [0.2, 0.25) is 0 Å². The van der Waals surface area contributed by atoms with Gasteiger partial charge in [0.15, 0.2) is 5.82 Å². The van der Waals surface area contributed by atoms with Crippen molar-refractivity contribution in [3.63, 3.8) is 0 Å². The number of piperidine rings is 1. The number of rotatable bonds is 6. The molecule has 0 amide bonds. The molecule has 200 valence electrons. The number of nitrogens with one attached hydrogen (secondary N) is 1. The van der Waals surface area contributed by atoms with Gasteiger partial charge in [-0.2, -0.15) is 18.3 Å². The van der Waals surface area contributed by atoms with Crippen LogP contribution in [0.25, 0.3) is 10.9 Å². The highest BCUT2D eigenvalue weighted by atomic mass is 19.4. The minimum atomic E-state index is -4.80. The van der Waals surface area contributed by atoms with E-state index in [1.165, 1.54) is 0 Å². The fraction of sp³-hybridized carbons (Fsp3) is 0.577. The van der Waals surface area contributed by atoms with Gasteiger partial charge < -0.3 is 15.0 Å². The van der Waals surface area contributed by atoms with Crippen LogP contribution in [0.3, 0.4) is 0 Å². The third kappa shape index (κ3) is 5.37. The average molecular weight is 521 g/mol. The highest BCUT2D eigenvalue weighted by Gasteiger charge is 2.37. The molecule has 0 unspecified atom stereocenters. The number of halogens is 4. The Morgan fingerprint density at radius 2 is 1.81 bits per heavy atom. The van der Waals surface area contributed by atoms with Gasteiger partial charge in [-0.3, -0.25) is 4.68 Å². The molecule has 0 spiro atoms. The lowest BCUT2D eigenvalue weighted by atomic mass is 9.92. The summed E-state index contributed by atoms with van der Waals surface area (Å²) >= 11 is 0. The van der Waals surface area contributed by atoms with Gasteiger partial charge in [0, 0.05) is 36.3 Å². The molecule has 7 nitrogen and oxygen atoms in total. The van der Waals surface area contributed by atoms with E-state index < -0.39 is 29.5 Å². The van der Waals surface area contributed by atoms with E-state index in [1.807, 2.05) is 13.1 Å². The van der Waals surface area contributed by atoms with Crippen LogP contribution in [0.1, 0.15) is 68.7 Å². The molecule has 0 atom stereocenters. The standard InChI is InChI=1S/C26H32F4N6O/c1-3-31-22-14-21-19(15-33-22)24(16-9-12-35(2)13-10-16)34-36(21)17-4-6-18(7-5-17)37-25-23(27)20(8-11-32-25)26(28,29)30/h8,11,14-18H,3-7,9-10,12-13H2,1-2H3,(H,31,33). The summed E-state index contributed by atoms with van der Waals surface area (Å²) in [5.41, 5.74) is 0.767. The normalized spacial score (nSPS) is 21.9. The molecule has 0 bridgehead atoms. The van der Waals surface area contributed by atoms with E-state index in [1.54, 1.807) is 0 Å². The summed E-state index contributed by atoms with van der Waals surface area (Å²) in [6.07, 6.45) is 2.32. The first-order valence-electron chi connectivity index (χ1n) is 12.9. The number of alkyl halides is 3. The Kier molecular flexibility index (Phi) is 7.24. The molecule has 37 heavy (non-hydrogen) atoms. The molecule has 2 fully saturated rings. The molecular formula is C26H32F4N6O. The number of aromatic nitrogens is 4. The zero-order valence-electron chi connectivity index (χ0n) is 21.1. The van der Waals surface area contributed by atoms with E-state index in [0.29, 0.717) is 37.7 Å². The van der Waals surface area contributed by atoms with Crippen molar-refractivity contribution >= 4 is 16.7 Å². The maximum Gasteiger partial charge on any atom is 0.419 e. The summed E-state index contributed by atoms with van der Waals surface area (Å²) < 4.78 is 61.3. The van der Waals surface area contributed by atoms with Crippen LogP contribution in [-0.4, -0.2) is 57.4 Å². The van der Waals surface area contributed by atoms with Crippen molar-refractivity contribution in [2.75, 3.05) is 32.0 Å². The van der Waals surface area contributed by atoms with Crippen LogP contribution >= 0.6 is 0 Å². The third-order valence-corrected chi connectivity index (χ3v) is 7.51. The zero-order chi connectivity index (χ0) is 26.2. The van der Waals surface area contributed by atoms with Crippen molar-refractivity contribution in [2.24, 2.45) is 0 Å². The lowest BCUT2D eigenvalue weighted by Crippen LogP contribution is -2.29. The molecule has 3 aromatic heterocycles. The van der Waals surface area contributed by atoms with E-state index in [-0.39, 0.29) is 6.04 Å². The molecule has 1 N–H and O–H groups in total. The summed E-state index contributed by atoms with van der Waals surface area (Å²) in [4.78, 5) is 10.7. The lowest BCUT2D eigenvalue weighted by Gasteiger charge is -2.30. The van der Waals surface area contributed by atoms with Crippen LogP contribution in [0, 0.1) is 5.82 Å². The van der Waals surface area contributed by atoms with Gasteiger partial charge >= 0.3 is 6.18 Å². The van der Waals surface area contributed by atoms with Gasteiger partial charge in [0.1, 0.15) is 11.9 Å². The molecule has 2 aliphatic rings. The number of fused-ring (bicyclic) bond motifs is 1. The van der Waals surface area contributed by atoms with Crippen LogP contribution < -0.4 is 10.1 Å². The van der Waals surface area contributed by atoms with Gasteiger partial charge in [0.05, 0.1) is 22.8 Å². The summed E-state index contributed by atoms with van der Waals surface area (Å²) in [6, 6.07) is 2.79. The van der Waals surface area contributed by atoms with E-state index in [4.69, 9.17) is 9.84 Å². The van der Waals surface area contributed by atoms with Crippen molar-refractivity contribution in [2.45, 2.75) is 69.7 Å². The third-order valence-electron chi connectivity index (χ3n) is 7.51. The Labute approximate surface area is 213 Å². The summed E-state index contributed by atoms with van der Waals surface area (Å²) in [6.45, 7) is 4.85. The minimum absolute atomic E-state index is 0.110. The molecule has 5 rings (SSSR count). The SMILES string of the molecule is CCNc1cc2c(cn1)c(C1CCN(C)CC1)nn2C1CCC(Oc2nccc(C(F)(F)F)c2F)CC1. The number of nitrogens with zero attached hydrogens (tertiary/aromatic N) is 5.